The average molecular weight is 1060 g/mol. The summed E-state index contributed by atoms with van der Waals surface area (Å²) < 4.78 is 60.6. The zero-order chi connectivity index (χ0) is 54.3. The lowest BCUT2D eigenvalue weighted by Gasteiger charge is -2.49. The molecular formula is C50H88O23. The number of rotatable bonds is 29. The van der Waals surface area contributed by atoms with Crippen LogP contribution in [0.4, 0.5) is 0 Å². The predicted octanol–water partition coefficient (Wildman–Crippen LogP) is 1.07. The number of hydrogen-bond acceptors (Lipinski definition) is 22. The van der Waals surface area contributed by atoms with E-state index in [1.807, 2.05) is 0 Å². The van der Waals surface area contributed by atoms with E-state index in [0.717, 1.165) is 57.8 Å². The molecule has 0 amide bonds. The molecule has 10 N–H and O–H groups in total. The van der Waals surface area contributed by atoms with E-state index in [-0.39, 0.29) is 12.5 Å². The van der Waals surface area contributed by atoms with Gasteiger partial charge in [0.05, 0.1) is 49.0 Å². The minimum atomic E-state index is -1.94. The van der Waals surface area contributed by atoms with Gasteiger partial charge in [-0.2, -0.15) is 0 Å². The predicted molar refractivity (Wildman–Crippen MR) is 254 cm³/mol. The highest BCUT2D eigenvalue weighted by Crippen LogP contribution is 2.37. The van der Waals surface area contributed by atoms with Gasteiger partial charge in [-0.1, -0.05) is 78.6 Å². The van der Waals surface area contributed by atoms with Crippen LogP contribution >= 0.6 is 0 Å². The van der Waals surface area contributed by atoms with Gasteiger partial charge in [0.1, 0.15) is 67.1 Å². The van der Waals surface area contributed by atoms with Crippen LogP contribution < -0.4 is 0 Å². The second kappa shape index (κ2) is 30.6. The molecule has 4 saturated heterocycles. The third kappa shape index (κ3) is 17.6. The van der Waals surface area contributed by atoms with Gasteiger partial charge in [-0.3, -0.25) is 14.4 Å². The Kier molecular flexibility index (Phi) is 26.5. The smallest absolute Gasteiger partial charge is 0.311 e. The van der Waals surface area contributed by atoms with Crippen molar-refractivity contribution in [3.63, 3.8) is 0 Å². The van der Waals surface area contributed by atoms with Crippen LogP contribution in [0.2, 0.25) is 0 Å². The fourth-order valence-corrected chi connectivity index (χ4v) is 9.21. The maximum Gasteiger partial charge on any atom is 0.311 e. The summed E-state index contributed by atoms with van der Waals surface area (Å²) in [6.45, 7) is 11.8. The summed E-state index contributed by atoms with van der Waals surface area (Å²) in [5, 5.41) is 109. The maximum absolute atomic E-state index is 13.4. The Bertz CT molecular complexity index is 1630. The third-order valence-electron chi connectivity index (χ3n) is 14.5. The topological polar surface area (TPSA) is 346 Å². The Hall–Kier alpha value is -2.27. The number of aliphatic hydroxyl groups excluding tert-OH is 9. The van der Waals surface area contributed by atoms with E-state index in [1.54, 1.807) is 20.8 Å². The number of carbonyl (C=O) groups is 3. The minimum absolute atomic E-state index is 0.154. The zero-order valence-electron chi connectivity index (χ0n) is 43.7. The molecule has 0 radical (unpaired) electrons. The maximum atomic E-state index is 13.4. The lowest BCUT2D eigenvalue weighted by molar-refractivity contribution is -0.399. The van der Waals surface area contributed by atoms with Crippen LogP contribution in [0.5, 0.6) is 0 Å². The summed E-state index contributed by atoms with van der Waals surface area (Å²) in [6.07, 6.45) is -22.6. The van der Waals surface area contributed by atoms with Gasteiger partial charge in [0.15, 0.2) is 37.4 Å². The first kappa shape index (κ1) is 63.3. The Labute approximate surface area is 428 Å². The van der Waals surface area contributed by atoms with Crippen molar-refractivity contribution in [3.8, 4) is 0 Å². The highest BCUT2D eigenvalue weighted by molar-refractivity contribution is 5.73. The first-order valence-electron chi connectivity index (χ1n) is 26.5. The van der Waals surface area contributed by atoms with Crippen LogP contribution in [0, 0.1) is 11.8 Å². The molecule has 23 heteroatoms. The fourth-order valence-electron chi connectivity index (χ4n) is 9.21. The Morgan fingerprint density at radius 1 is 0.521 bits per heavy atom. The SMILES string of the molecule is CCCCC[C@H](CCCCCCCCCC(=O)O)O[C@@H]1O[C@H](C)[C@@H](O)[C@H](O)[C@H]1O[C@@H]1O[C@H](CO)[C@@H](O)[C@H](O)[C@H]1O[C@@H]1O[C@@H](C)[C@H](O[C@@H]2O[C@H](C)[C@@H](OC(=O)C(C)C(C)O)[C@H](O)[C@H]2O)[C@@H](O)[C@H]1OC(=O)C(C)CC. The van der Waals surface area contributed by atoms with Gasteiger partial charge in [0.2, 0.25) is 0 Å². The summed E-state index contributed by atoms with van der Waals surface area (Å²) in [5.41, 5.74) is 0. The number of carboxylic acid groups (broad SMARTS) is 1. The second-order valence-corrected chi connectivity index (χ2v) is 20.4. The van der Waals surface area contributed by atoms with Gasteiger partial charge in [-0.05, 0) is 60.3 Å². The van der Waals surface area contributed by atoms with Gasteiger partial charge >= 0.3 is 17.9 Å². The lowest BCUT2D eigenvalue weighted by Crippen LogP contribution is -2.67. The molecule has 24 atom stereocenters. The molecule has 23 nitrogen and oxygen atoms in total. The molecule has 0 aromatic carbocycles. The van der Waals surface area contributed by atoms with Gasteiger partial charge in [0.25, 0.3) is 0 Å². The van der Waals surface area contributed by atoms with Crippen LogP contribution in [0.15, 0.2) is 0 Å². The molecule has 4 aliphatic rings. The number of aliphatic hydroxyl groups is 9. The number of hydrogen-bond donors (Lipinski definition) is 10. The van der Waals surface area contributed by atoms with E-state index in [0.29, 0.717) is 25.7 Å². The average Bonchev–Trinajstić information content (AvgIpc) is 3.35. The number of ether oxygens (including phenoxy) is 10. The normalized spacial score (nSPS) is 38.8. The summed E-state index contributed by atoms with van der Waals surface area (Å²) in [4.78, 5) is 36.9. The number of unbranched alkanes of at least 4 members (excludes halogenated alkanes) is 8. The lowest BCUT2D eigenvalue weighted by atomic mass is 9.96. The van der Waals surface area contributed by atoms with Gasteiger partial charge in [-0.25, -0.2) is 0 Å². The molecule has 4 heterocycles. The van der Waals surface area contributed by atoms with E-state index in [9.17, 15) is 60.3 Å². The molecule has 73 heavy (non-hydrogen) atoms. The molecule has 0 spiro atoms. The van der Waals surface area contributed by atoms with Crippen molar-refractivity contribution in [2.24, 2.45) is 11.8 Å². The first-order valence-corrected chi connectivity index (χ1v) is 26.5. The van der Waals surface area contributed by atoms with E-state index < -0.39 is 165 Å². The Morgan fingerprint density at radius 3 is 1.60 bits per heavy atom. The van der Waals surface area contributed by atoms with Crippen LogP contribution in [0.1, 0.15) is 145 Å². The van der Waals surface area contributed by atoms with E-state index in [2.05, 4.69) is 6.92 Å². The largest absolute Gasteiger partial charge is 0.481 e. The number of aliphatic carboxylic acids is 1. The van der Waals surface area contributed by atoms with Crippen molar-refractivity contribution < 1.29 is 113 Å². The number of esters is 2. The van der Waals surface area contributed by atoms with Crippen LogP contribution in [0.25, 0.3) is 0 Å². The number of carbonyl (C=O) groups excluding carboxylic acids is 2. The molecule has 3 unspecified atom stereocenters. The third-order valence-corrected chi connectivity index (χ3v) is 14.5. The first-order chi connectivity index (χ1) is 34.6. The molecule has 0 aromatic heterocycles. The van der Waals surface area contributed by atoms with Crippen molar-refractivity contribution in [2.45, 2.75) is 280 Å². The quantitative estimate of drug-likeness (QED) is 0.0370. The minimum Gasteiger partial charge on any atom is -0.481 e. The van der Waals surface area contributed by atoms with Crippen LogP contribution in [-0.2, 0) is 61.8 Å². The Morgan fingerprint density at radius 2 is 1.01 bits per heavy atom. The highest BCUT2D eigenvalue weighted by atomic mass is 16.8. The summed E-state index contributed by atoms with van der Waals surface area (Å²) in [5.74, 6) is -4.12. The van der Waals surface area contributed by atoms with Crippen molar-refractivity contribution in [3.05, 3.63) is 0 Å². The molecule has 0 saturated carbocycles. The molecule has 0 aromatic rings. The van der Waals surface area contributed by atoms with Gasteiger partial charge in [0, 0.05) is 6.42 Å². The van der Waals surface area contributed by atoms with Gasteiger partial charge in [-0.15, -0.1) is 0 Å². The zero-order valence-corrected chi connectivity index (χ0v) is 43.7. The Balaban J connectivity index is 1.57. The standard InChI is InChI=1S/C50H88O23/c1-9-11-17-20-30(21-18-15-13-12-14-16-19-22-32(53)54)67-48-42(35(57)33(55)27(6)64-48)73-50-43(36(58)34(56)31(23-51)68-50)72-49-44(70-45(62)24(3)10-2)39(61)41(29(8)66-49)71-47-38(60)37(59)40(28(7)65-47)69-46(63)25(4)26(5)52/h24-31,33-44,47-52,55-61H,9-23H2,1-8H3,(H,53,54)/t24?,25?,26?,27-,28-,29+,30-,31-,33-,34-,35+,36+,37-,38-,39-,40-,41+,42-,43-,44-,47+,48+,49+,50+/m1/s1. The molecule has 4 rings (SSSR count). The van der Waals surface area contributed by atoms with Crippen molar-refractivity contribution >= 4 is 17.9 Å². The van der Waals surface area contributed by atoms with E-state index in [1.165, 1.54) is 27.7 Å². The second-order valence-electron chi connectivity index (χ2n) is 20.4. The van der Waals surface area contributed by atoms with Gasteiger partial charge < -0.3 is 98.4 Å². The van der Waals surface area contributed by atoms with E-state index >= 15 is 0 Å². The molecular weight excluding hydrogens is 969 g/mol. The summed E-state index contributed by atoms with van der Waals surface area (Å²) in [7, 11) is 0. The molecule has 0 aliphatic carbocycles. The highest BCUT2D eigenvalue weighted by Gasteiger charge is 2.56. The fraction of sp³-hybridized carbons (Fsp3) is 0.940. The molecule has 4 fully saturated rings. The molecule has 4 aliphatic heterocycles. The summed E-state index contributed by atoms with van der Waals surface area (Å²) >= 11 is 0. The molecule has 0 bridgehead atoms. The van der Waals surface area contributed by atoms with E-state index in [4.69, 9.17) is 52.5 Å². The van der Waals surface area contributed by atoms with Crippen molar-refractivity contribution in [1.29, 1.82) is 0 Å². The monoisotopic (exact) mass is 1060 g/mol. The molecule has 426 valence electrons. The summed E-state index contributed by atoms with van der Waals surface area (Å²) in [6, 6.07) is 0. The number of carboxylic acids is 1. The van der Waals surface area contributed by atoms with Crippen LogP contribution in [-0.4, -0.2) is 211 Å². The van der Waals surface area contributed by atoms with Crippen molar-refractivity contribution in [2.75, 3.05) is 6.61 Å². The van der Waals surface area contributed by atoms with Crippen molar-refractivity contribution in [1.82, 2.24) is 0 Å². The van der Waals surface area contributed by atoms with Crippen LogP contribution in [0.3, 0.4) is 0 Å².